The number of pyridine rings is 1. The standard InChI is InChI=1S/C13H11NO3S/c1-18(16,17)12-6-2-4-10(8-12)13(15)11-5-3-7-14-9-11/h2-9H,1H3. The molecule has 1 heterocycles. The molecule has 4 nitrogen and oxygen atoms in total. The molecule has 0 aliphatic heterocycles. The van der Waals surface area contributed by atoms with Crippen molar-refractivity contribution in [2.75, 3.05) is 6.26 Å². The van der Waals surface area contributed by atoms with E-state index in [1.807, 2.05) is 0 Å². The fourth-order valence-electron chi connectivity index (χ4n) is 1.53. The highest BCUT2D eigenvalue weighted by Gasteiger charge is 2.13. The van der Waals surface area contributed by atoms with E-state index in [1.165, 1.54) is 18.3 Å². The minimum atomic E-state index is -3.31. The van der Waals surface area contributed by atoms with Crippen molar-refractivity contribution in [1.82, 2.24) is 4.98 Å². The molecule has 2 aromatic rings. The van der Waals surface area contributed by atoms with Gasteiger partial charge in [-0.2, -0.15) is 0 Å². The van der Waals surface area contributed by atoms with Gasteiger partial charge < -0.3 is 0 Å². The van der Waals surface area contributed by atoms with Crippen LogP contribution in [0.25, 0.3) is 0 Å². The summed E-state index contributed by atoms with van der Waals surface area (Å²) in [5.74, 6) is -0.242. The number of benzene rings is 1. The molecule has 0 fully saturated rings. The molecule has 0 unspecified atom stereocenters. The quantitative estimate of drug-likeness (QED) is 0.789. The Morgan fingerprint density at radius 1 is 1.11 bits per heavy atom. The third-order valence-corrected chi connectivity index (χ3v) is 3.56. The second-order valence-corrected chi connectivity index (χ2v) is 5.89. The minimum Gasteiger partial charge on any atom is -0.289 e. The first-order valence-corrected chi connectivity index (χ1v) is 7.12. The molecule has 5 heteroatoms. The lowest BCUT2D eigenvalue weighted by molar-refractivity contribution is 0.103. The maximum absolute atomic E-state index is 12.1. The molecule has 0 spiro atoms. The Labute approximate surface area is 105 Å². The van der Waals surface area contributed by atoms with Gasteiger partial charge in [-0.15, -0.1) is 0 Å². The first kappa shape index (κ1) is 12.4. The Morgan fingerprint density at radius 2 is 1.83 bits per heavy atom. The smallest absolute Gasteiger partial charge is 0.194 e. The van der Waals surface area contributed by atoms with Gasteiger partial charge >= 0.3 is 0 Å². The SMILES string of the molecule is CS(=O)(=O)c1cccc(C(=O)c2cccnc2)c1. The van der Waals surface area contributed by atoms with Crippen LogP contribution in [0, 0.1) is 0 Å². The molecule has 0 amide bonds. The van der Waals surface area contributed by atoms with Gasteiger partial charge in [-0.05, 0) is 24.3 Å². The lowest BCUT2D eigenvalue weighted by Gasteiger charge is -2.03. The lowest BCUT2D eigenvalue weighted by atomic mass is 10.1. The maximum atomic E-state index is 12.1. The Balaban J connectivity index is 2.44. The van der Waals surface area contributed by atoms with E-state index in [1.54, 1.807) is 30.5 Å². The molecular weight excluding hydrogens is 250 g/mol. The summed E-state index contributed by atoms with van der Waals surface area (Å²) in [6.45, 7) is 0. The second-order valence-electron chi connectivity index (χ2n) is 3.87. The van der Waals surface area contributed by atoms with E-state index in [4.69, 9.17) is 0 Å². The number of ketones is 1. The number of carbonyl (C=O) groups excluding carboxylic acids is 1. The van der Waals surface area contributed by atoms with Crippen LogP contribution in [0.4, 0.5) is 0 Å². The van der Waals surface area contributed by atoms with E-state index in [2.05, 4.69) is 4.98 Å². The monoisotopic (exact) mass is 261 g/mol. The van der Waals surface area contributed by atoms with E-state index in [0.717, 1.165) is 6.26 Å². The van der Waals surface area contributed by atoms with Crippen molar-refractivity contribution in [2.24, 2.45) is 0 Å². The summed E-state index contributed by atoms with van der Waals surface area (Å²) >= 11 is 0. The van der Waals surface area contributed by atoms with Crippen LogP contribution >= 0.6 is 0 Å². The first-order chi connectivity index (χ1) is 8.48. The van der Waals surface area contributed by atoms with Crippen molar-refractivity contribution in [3.8, 4) is 0 Å². The summed E-state index contributed by atoms with van der Waals surface area (Å²) in [4.78, 5) is 16.1. The molecule has 0 bridgehead atoms. The zero-order valence-corrected chi connectivity index (χ0v) is 10.5. The Bertz CT molecular complexity index is 678. The number of carbonyl (C=O) groups is 1. The summed E-state index contributed by atoms with van der Waals surface area (Å²) in [6.07, 6.45) is 4.14. The summed E-state index contributed by atoms with van der Waals surface area (Å²) in [5, 5.41) is 0. The molecule has 0 N–H and O–H groups in total. The van der Waals surface area contributed by atoms with Gasteiger partial charge in [0.2, 0.25) is 0 Å². The number of hydrogen-bond donors (Lipinski definition) is 0. The molecule has 0 atom stereocenters. The van der Waals surface area contributed by atoms with E-state index >= 15 is 0 Å². The summed E-state index contributed by atoms with van der Waals surface area (Å²) in [6, 6.07) is 9.29. The zero-order chi connectivity index (χ0) is 13.2. The fourth-order valence-corrected chi connectivity index (χ4v) is 2.20. The molecule has 0 aliphatic rings. The molecular formula is C13H11NO3S. The molecule has 0 saturated carbocycles. The van der Waals surface area contributed by atoms with Crippen LogP contribution in [0.2, 0.25) is 0 Å². The zero-order valence-electron chi connectivity index (χ0n) is 9.70. The average Bonchev–Trinajstić information content (AvgIpc) is 2.38. The van der Waals surface area contributed by atoms with Crippen LogP contribution in [0.3, 0.4) is 0 Å². The Kier molecular flexibility index (Phi) is 3.25. The van der Waals surface area contributed by atoms with Gasteiger partial charge in [-0.1, -0.05) is 12.1 Å². The normalized spacial score (nSPS) is 11.2. The number of rotatable bonds is 3. The number of sulfone groups is 1. The fraction of sp³-hybridized carbons (Fsp3) is 0.0769. The maximum Gasteiger partial charge on any atom is 0.194 e. The highest BCUT2D eigenvalue weighted by atomic mass is 32.2. The van der Waals surface area contributed by atoms with Crippen molar-refractivity contribution in [3.63, 3.8) is 0 Å². The van der Waals surface area contributed by atoms with Gasteiger partial charge in [0.05, 0.1) is 4.90 Å². The van der Waals surface area contributed by atoms with Gasteiger partial charge in [0.1, 0.15) is 0 Å². The number of aromatic nitrogens is 1. The summed E-state index contributed by atoms with van der Waals surface area (Å²) < 4.78 is 22.8. The van der Waals surface area contributed by atoms with Crippen molar-refractivity contribution in [3.05, 3.63) is 59.9 Å². The predicted octanol–water partition coefficient (Wildman–Crippen LogP) is 1.72. The van der Waals surface area contributed by atoms with Crippen molar-refractivity contribution >= 4 is 15.6 Å². The van der Waals surface area contributed by atoms with Crippen molar-refractivity contribution in [1.29, 1.82) is 0 Å². The van der Waals surface area contributed by atoms with Crippen LogP contribution in [-0.2, 0) is 9.84 Å². The van der Waals surface area contributed by atoms with Gasteiger partial charge in [-0.25, -0.2) is 8.42 Å². The van der Waals surface area contributed by atoms with E-state index in [9.17, 15) is 13.2 Å². The molecule has 0 saturated heterocycles. The molecule has 0 radical (unpaired) electrons. The van der Waals surface area contributed by atoms with E-state index in [0.29, 0.717) is 11.1 Å². The van der Waals surface area contributed by atoms with Gasteiger partial charge in [0.15, 0.2) is 15.6 Å². The summed E-state index contributed by atoms with van der Waals surface area (Å²) in [5.41, 5.74) is 0.772. The minimum absolute atomic E-state index is 0.136. The first-order valence-electron chi connectivity index (χ1n) is 5.23. The third-order valence-electron chi connectivity index (χ3n) is 2.45. The largest absolute Gasteiger partial charge is 0.289 e. The Hall–Kier alpha value is -2.01. The lowest BCUT2D eigenvalue weighted by Crippen LogP contribution is -2.04. The highest BCUT2D eigenvalue weighted by Crippen LogP contribution is 2.14. The van der Waals surface area contributed by atoms with E-state index < -0.39 is 9.84 Å². The van der Waals surface area contributed by atoms with Crippen molar-refractivity contribution in [2.45, 2.75) is 4.90 Å². The molecule has 1 aromatic carbocycles. The van der Waals surface area contributed by atoms with Gasteiger partial charge in [-0.3, -0.25) is 9.78 Å². The van der Waals surface area contributed by atoms with Crippen LogP contribution < -0.4 is 0 Å². The molecule has 1 aromatic heterocycles. The molecule has 2 rings (SSSR count). The second kappa shape index (κ2) is 4.70. The number of nitrogens with zero attached hydrogens (tertiary/aromatic N) is 1. The molecule has 0 aliphatic carbocycles. The van der Waals surface area contributed by atoms with Crippen LogP contribution in [0.15, 0.2) is 53.7 Å². The third kappa shape index (κ3) is 2.62. The summed E-state index contributed by atoms with van der Waals surface area (Å²) in [7, 11) is -3.31. The van der Waals surface area contributed by atoms with Gasteiger partial charge in [0.25, 0.3) is 0 Å². The van der Waals surface area contributed by atoms with Crippen molar-refractivity contribution < 1.29 is 13.2 Å². The topological polar surface area (TPSA) is 64.1 Å². The van der Waals surface area contributed by atoms with E-state index in [-0.39, 0.29) is 10.7 Å². The Morgan fingerprint density at radius 3 is 2.44 bits per heavy atom. The molecule has 18 heavy (non-hydrogen) atoms. The van der Waals surface area contributed by atoms with Crippen LogP contribution in [0.1, 0.15) is 15.9 Å². The van der Waals surface area contributed by atoms with Crippen LogP contribution in [0.5, 0.6) is 0 Å². The average molecular weight is 261 g/mol. The highest BCUT2D eigenvalue weighted by molar-refractivity contribution is 7.90. The van der Waals surface area contributed by atoms with Gasteiger partial charge in [0, 0.05) is 29.8 Å². The molecule has 92 valence electrons. The van der Waals surface area contributed by atoms with Crippen LogP contribution in [-0.4, -0.2) is 25.4 Å². The number of hydrogen-bond acceptors (Lipinski definition) is 4. The predicted molar refractivity (Wildman–Crippen MR) is 67.2 cm³/mol.